The van der Waals surface area contributed by atoms with E-state index in [4.69, 9.17) is 0 Å². The van der Waals surface area contributed by atoms with Crippen molar-refractivity contribution in [2.45, 2.75) is 52.2 Å². The lowest BCUT2D eigenvalue weighted by molar-refractivity contribution is -0.124. The molecule has 0 aromatic carbocycles. The van der Waals surface area contributed by atoms with Crippen LogP contribution in [0.2, 0.25) is 0 Å². The Kier molecular flexibility index (Phi) is 7.50. The maximum absolute atomic E-state index is 12.6. The topological polar surface area (TPSA) is 67.2 Å². The van der Waals surface area contributed by atoms with Crippen LogP contribution < -0.4 is 10.9 Å². The Bertz CT molecular complexity index is 655. The number of hydrogen-bond acceptors (Lipinski definition) is 5. The average molecular weight is 367 g/mol. The van der Waals surface area contributed by atoms with Crippen LogP contribution in [-0.4, -0.2) is 52.3 Å². The zero-order valence-corrected chi connectivity index (χ0v) is 16.6. The number of nitrogens with one attached hydrogen (secondary N) is 1. The Morgan fingerprint density at radius 3 is 2.72 bits per heavy atom. The van der Waals surface area contributed by atoms with Gasteiger partial charge in [-0.3, -0.25) is 14.2 Å². The molecule has 0 aliphatic carbocycles. The van der Waals surface area contributed by atoms with Crippen LogP contribution >= 0.6 is 11.8 Å². The molecule has 1 aliphatic rings. The van der Waals surface area contributed by atoms with Crippen molar-refractivity contribution in [2.75, 3.05) is 31.9 Å². The first-order chi connectivity index (χ1) is 12.0. The summed E-state index contributed by atoms with van der Waals surface area (Å²) in [4.78, 5) is 31.9. The maximum Gasteiger partial charge on any atom is 0.257 e. The fourth-order valence-corrected chi connectivity index (χ4v) is 4.28. The quantitative estimate of drug-likeness (QED) is 0.560. The van der Waals surface area contributed by atoms with E-state index in [1.807, 2.05) is 13.8 Å². The number of nitrogens with zero attached hydrogens (tertiary/aromatic N) is 3. The second kappa shape index (κ2) is 9.38. The van der Waals surface area contributed by atoms with Gasteiger partial charge in [-0.2, -0.15) is 0 Å². The molecule has 1 amide bonds. The van der Waals surface area contributed by atoms with Crippen molar-refractivity contribution in [2.24, 2.45) is 5.92 Å². The summed E-state index contributed by atoms with van der Waals surface area (Å²) in [6, 6.07) is 0. The number of rotatable bonds is 8. The van der Waals surface area contributed by atoms with Gasteiger partial charge in [-0.05, 0) is 39.4 Å². The highest BCUT2D eigenvalue weighted by molar-refractivity contribution is 7.99. The molecule has 1 aromatic rings. The number of fused-ring (bicyclic) bond motifs is 1. The molecule has 7 heteroatoms. The van der Waals surface area contributed by atoms with E-state index in [1.54, 1.807) is 4.57 Å². The average Bonchev–Trinajstić information content (AvgIpc) is 2.62. The van der Waals surface area contributed by atoms with Gasteiger partial charge in [0.25, 0.3) is 5.56 Å². The first kappa shape index (κ1) is 20.0. The molecule has 6 nitrogen and oxygen atoms in total. The Morgan fingerprint density at radius 2 is 2.08 bits per heavy atom. The fraction of sp³-hybridized carbons (Fsp3) is 0.722. The second-order valence-electron chi connectivity index (χ2n) is 6.41. The molecule has 140 valence electrons. The largest absolute Gasteiger partial charge is 0.356 e. The molecule has 1 aromatic heterocycles. The van der Waals surface area contributed by atoms with Crippen LogP contribution in [0.5, 0.6) is 0 Å². The van der Waals surface area contributed by atoms with Gasteiger partial charge in [0.2, 0.25) is 5.91 Å². The van der Waals surface area contributed by atoms with E-state index in [2.05, 4.69) is 29.0 Å². The lowest BCUT2D eigenvalue weighted by Crippen LogP contribution is -2.41. The summed E-state index contributed by atoms with van der Waals surface area (Å²) >= 11 is 1.51. The number of carbonyl (C=O) groups excluding carboxylic acids is 1. The van der Waals surface area contributed by atoms with E-state index in [0.717, 1.165) is 42.5 Å². The predicted octanol–water partition coefficient (Wildman–Crippen LogP) is 1.68. The highest BCUT2D eigenvalue weighted by atomic mass is 32.2. The Balaban J connectivity index is 1.93. The molecule has 0 saturated heterocycles. The minimum Gasteiger partial charge on any atom is -0.356 e. The molecule has 0 radical (unpaired) electrons. The third-order valence-electron chi connectivity index (χ3n) is 4.82. The lowest BCUT2D eigenvalue weighted by atomic mass is 10.1. The van der Waals surface area contributed by atoms with E-state index in [0.29, 0.717) is 25.3 Å². The zero-order chi connectivity index (χ0) is 18.4. The van der Waals surface area contributed by atoms with Crippen molar-refractivity contribution in [3.05, 3.63) is 21.6 Å². The van der Waals surface area contributed by atoms with Gasteiger partial charge in [-0.15, -0.1) is 0 Å². The maximum atomic E-state index is 12.6. The second-order valence-corrected chi connectivity index (χ2v) is 7.39. The first-order valence-corrected chi connectivity index (χ1v) is 10.2. The normalized spacial score (nSPS) is 16.8. The molecule has 0 spiro atoms. The summed E-state index contributed by atoms with van der Waals surface area (Å²) in [5, 5.41) is 3.77. The van der Waals surface area contributed by atoms with Crippen LogP contribution in [-0.2, 0) is 17.8 Å². The molecule has 2 rings (SSSR count). The molecule has 0 saturated carbocycles. The highest BCUT2D eigenvalue weighted by Crippen LogP contribution is 2.25. The molecular weight excluding hydrogens is 336 g/mol. The smallest absolute Gasteiger partial charge is 0.257 e. The minimum atomic E-state index is -0.169. The lowest BCUT2D eigenvalue weighted by Gasteiger charge is -2.25. The van der Waals surface area contributed by atoms with Crippen LogP contribution in [0.3, 0.4) is 0 Å². The van der Waals surface area contributed by atoms with Gasteiger partial charge in [0.05, 0.1) is 5.92 Å². The highest BCUT2D eigenvalue weighted by Gasteiger charge is 2.27. The van der Waals surface area contributed by atoms with Crippen LogP contribution in [0.15, 0.2) is 9.95 Å². The third kappa shape index (κ3) is 4.85. The molecular formula is C18H30N4O2S. The number of aromatic nitrogens is 2. The zero-order valence-electron chi connectivity index (χ0n) is 15.8. The SMILES string of the molecule is CCc1c(C)nc2n(c1=O)CC(C(=O)NCCCN(CC)CC)CS2. The van der Waals surface area contributed by atoms with E-state index in [1.165, 1.54) is 11.8 Å². The molecule has 1 unspecified atom stereocenters. The first-order valence-electron chi connectivity index (χ1n) is 9.24. The van der Waals surface area contributed by atoms with Gasteiger partial charge in [-0.1, -0.05) is 32.5 Å². The van der Waals surface area contributed by atoms with Crippen LogP contribution in [0, 0.1) is 12.8 Å². The number of thioether (sulfide) groups is 1. The van der Waals surface area contributed by atoms with E-state index in [9.17, 15) is 9.59 Å². The molecule has 25 heavy (non-hydrogen) atoms. The van der Waals surface area contributed by atoms with Crippen molar-refractivity contribution in [3.8, 4) is 0 Å². The van der Waals surface area contributed by atoms with Crippen molar-refractivity contribution in [1.82, 2.24) is 19.8 Å². The van der Waals surface area contributed by atoms with E-state index >= 15 is 0 Å². The van der Waals surface area contributed by atoms with Crippen molar-refractivity contribution >= 4 is 17.7 Å². The molecule has 0 fully saturated rings. The summed E-state index contributed by atoms with van der Waals surface area (Å²) in [6.45, 7) is 12.3. The van der Waals surface area contributed by atoms with Crippen LogP contribution in [0.25, 0.3) is 0 Å². The number of carbonyl (C=O) groups is 1. The van der Waals surface area contributed by atoms with E-state index in [-0.39, 0.29) is 17.4 Å². The molecule has 1 atom stereocenters. The number of aryl methyl sites for hydroxylation is 1. The van der Waals surface area contributed by atoms with Crippen molar-refractivity contribution in [1.29, 1.82) is 0 Å². The Labute approximate surface area is 154 Å². The summed E-state index contributed by atoms with van der Waals surface area (Å²) in [6.07, 6.45) is 1.62. The summed E-state index contributed by atoms with van der Waals surface area (Å²) in [5.41, 5.74) is 1.58. The van der Waals surface area contributed by atoms with E-state index < -0.39 is 0 Å². The van der Waals surface area contributed by atoms with Gasteiger partial charge in [0.1, 0.15) is 0 Å². The standard InChI is InChI=1S/C18H30N4O2S/c1-5-15-13(4)20-18-22(17(15)24)11-14(12-25-18)16(23)19-9-8-10-21(6-2)7-3/h14H,5-12H2,1-4H3,(H,19,23). The van der Waals surface area contributed by atoms with Crippen LogP contribution in [0.4, 0.5) is 0 Å². The summed E-state index contributed by atoms with van der Waals surface area (Å²) < 4.78 is 1.68. The van der Waals surface area contributed by atoms with Gasteiger partial charge < -0.3 is 10.2 Å². The molecule has 2 heterocycles. The van der Waals surface area contributed by atoms with Gasteiger partial charge in [0.15, 0.2) is 5.16 Å². The Hall–Kier alpha value is -1.34. The fourth-order valence-electron chi connectivity index (χ4n) is 3.16. The predicted molar refractivity (Wildman–Crippen MR) is 102 cm³/mol. The van der Waals surface area contributed by atoms with Crippen LogP contribution in [0.1, 0.15) is 38.4 Å². The van der Waals surface area contributed by atoms with Gasteiger partial charge in [0, 0.05) is 30.1 Å². The summed E-state index contributed by atoms with van der Waals surface area (Å²) in [5.74, 6) is 0.556. The Morgan fingerprint density at radius 1 is 1.36 bits per heavy atom. The number of amides is 1. The minimum absolute atomic E-state index is 0.0107. The molecule has 0 bridgehead atoms. The monoisotopic (exact) mass is 366 g/mol. The molecule has 1 N–H and O–H groups in total. The van der Waals surface area contributed by atoms with Gasteiger partial charge >= 0.3 is 0 Å². The number of hydrogen-bond donors (Lipinski definition) is 1. The third-order valence-corrected chi connectivity index (χ3v) is 5.96. The van der Waals surface area contributed by atoms with Gasteiger partial charge in [-0.25, -0.2) is 4.98 Å². The van der Waals surface area contributed by atoms with Crippen molar-refractivity contribution in [3.63, 3.8) is 0 Å². The van der Waals surface area contributed by atoms with Crippen molar-refractivity contribution < 1.29 is 4.79 Å². The summed E-state index contributed by atoms with van der Waals surface area (Å²) in [7, 11) is 0. The molecule has 1 aliphatic heterocycles.